The largest absolute Gasteiger partial charge is 0.470 e. The second kappa shape index (κ2) is 8.13. The van der Waals surface area contributed by atoms with Crippen molar-refractivity contribution in [1.82, 2.24) is 14.5 Å². The Labute approximate surface area is 172 Å². The third kappa shape index (κ3) is 4.60. The van der Waals surface area contributed by atoms with Gasteiger partial charge in [-0.1, -0.05) is 6.92 Å². The number of H-pyrrole nitrogens is 1. The third-order valence-corrected chi connectivity index (χ3v) is 5.82. The van der Waals surface area contributed by atoms with Crippen molar-refractivity contribution in [1.29, 1.82) is 0 Å². The predicted molar refractivity (Wildman–Crippen MR) is 98.9 cm³/mol. The van der Waals surface area contributed by atoms with Gasteiger partial charge in [-0.25, -0.2) is 13.8 Å². The minimum absolute atomic E-state index is 0.0980. The van der Waals surface area contributed by atoms with Gasteiger partial charge in [0.25, 0.3) is 5.56 Å². The molecule has 0 saturated carbocycles. The quantitative estimate of drug-likeness (QED) is 0.352. The van der Waals surface area contributed by atoms with Crippen molar-refractivity contribution in [2.45, 2.75) is 56.8 Å². The summed E-state index contributed by atoms with van der Waals surface area (Å²) >= 11 is 0. The highest BCUT2D eigenvalue weighted by atomic mass is 31.2. The summed E-state index contributed by atoms with van der Waals surface area (Å²) in [4.78, 5) is 47.2. The van der Waals surface area contributed by atoms with Gasteiger partial charge >= 0.3 is 13.5 Å². The van der Waals surface area contributed by atoms with E-state index in [4.69, 9.17) is 19.0 Å². The smallest absolute Gasteiger partial charge is 0.388 e. The number of aliphatic hydroxyl groups excluding tert-OH is 2. The fourth-order valence-electron chi connectivity index (χ4n) is 3.37. The molecule has 1 fully saturated rings. The van der Waals surface area contributed by atoms with Gasteiger partial charge in [-0.15, -0.1) is 0 Å². The number of phosphoric acid groups is 1. The number of fused-ring (bicyclic) bond motifs is 1. The van der Waals surface area contributed by atoms with Crippen molar-refractivity contribution in [3.63, 3.8) is 0 Å². The van der Waals surface area contributed by atoms with Crippen LogP contribution in [-0.2, 0) is 13.8 Å². The van der Waals surface area contributed by atoms with Crippen LogP contribution < -0.4 is 11.2 Å². The number of hydrogen-bond donors (Lipinski definition) is 5. The van der Waals surface area contributed by atoms with Crippen molar-refractivity contribution >= 4 is 18.9 Å². The number of halogens is 2. The number of rotatable bonds is 6. The van der Waals surface area contributed by atoms with Gasteiger partial charge in [-0.3, -0.25) is 13.9 Å². The van der Waals surface area contributed by atoms with E-state index >= 15 is 0 Å². The number of nitrogens with one attached hydrogen (secondary N) is 1. The van der Waals surface area contributed by atoms with Gasteiger partial charge in [0.2, 0.25) is 5.82 Å². The summed E-state index contributed by atoms with van der Waals surface area (Å²) in [5.74, 6) is -3.29. The monoisotopic (exact) mass is 467 g/mol. The van der Waals surface area contributed by atoms with Crippen LogP contribution in [0.2, 0.25) is 0 Å². The number of ether oxygens (including phenoxy) is 1. The highest BCUT2D eigenvalue weighted by Gasteiger charge is 2.48. The molecule has 5 atom stereocenters. The molecule has 0 bridgehead atoms. The van der Waals surface area contributed by atoms with Gasteiger partial charge < -0.3 is 29.7 Å². The number of nitrogens with zero attached hydrogens (tertiary/aromatic N) is 2. The summed E-state index contributed by atoms with van der Waals surface area (Å²) in [6.45, 7) is 2.93. The lowest BCUT2D eigenvalue weighted by Crippen LogP contribution is -2.38. The Bertz CT molecular complexity index is 1170. The highest BCUT2D eigenvalue weighted by molar-refractivity contribution is 7.46. The zero-order chi connectivity index (χ0) is 23.3. The average molecular weight is 467 g/mol. The Morgan fingerprint density at radius 3 is 2.52 bits per heavy atom. The molecule has 172 valence electrons. The van der Waals surface area contributed by atoms with Crippen LogP contribution in [0.15, 0.2) is 15.8 Å². The normalized spacial score (nSPS) is 26.3. The van der Waals surface area contributed by atoms with Crippen molar-refractivity contribution in [3.05, 3.63) is 38.7 Å². The molecule has 2 aromatic heterocycles. The Morgan fingerprint density at radius 1 is 1.29 bits per heavy atom. The van der Waals surface area contributed by atoms with Crippen LogP contribution in [0.4, 0.5) is 8.78 Å². The van der Waals surface area contributed by atoms with Crippen LogP contribution in [0.1, 0.15) is 32.9 Å². The maximum absolute atomic E-state index is 14.1. The second-order valence-electron chi connectivity index (χ2n) is 7.41. The predicted octanol–water partition coefficient (Wildman–Crippen LogP) is -0.350. The first-order valence-electron chi connectivity index (χ1n) is 9.04. The molecule has 1 aliphatic heterocycles. The molecule has 31 heavy (non-hydrogen) atoms. The Morgan fingerprint density at radius 2 is 1.94 bits per heavy atom. The number of hydrogen-bond acceptors (Lipinski definition) is 8. The lowest BCUT2D eigenvalue weighted by molar-refractivity contribution is -0.0707. The molecular weight excluding hydrogens is 447 g/mol. The topological polar surface area (TPSA) is 184 Å². The molecule has 1 aliphatic rings. The second-order valence-corrected chi connectivity index (χ2v) is 8.57. The number of aromatic amines is 1. The van der Waals surface area contributed by atoms with Crippen molar-refractivity contribution in [3.8, 4) is 0 Å². The highest BCUT2D eigenvalue weighted by Crippen LogP contribution is 2.45. The van der Waals surface area contributed by atoms with Crippen LogP contribution in [-0.4, -0.2) is 58.4 Å². The molecule has 0 radical (unpaired) electrons. The lowest BCUT2D eigenvalue weighted by Gasteiger charge is -2.31. The third-order valence-electron chi connectivity index (χ3n) is 5.14. The van der Waals surface area contributed by atoms with Crippen LogP contribution >= 0.6 is 7.82 Å². The number of pyridine rings is 1. The lowest BCUT2D eigenvalue weighted by atomic mass is 9.93. The fourth-order valence-corrected chi connectivity index (χ4v) is 4.15. The molecule has 1 saturated heterocycles. The molecular formula is C16H20F2N3O9P. The Kier molecular flexibility index (Phi) is 6.19. The van der Waals surface area contributed by atoms with E-state index in [0.717, 1.165) is 6.20 Å². The van der Waals surface area contributed by atoms with Crippen molar-refractivity contribution in [2.24, 2.45) is 0 Å². The van der Waals surface area contributed by atoms with E-state index in [-0.39, 0.29) is 12.8 Å². The summed E-state index contributed by atoms with van der Waals surface area (Å²) in [6.07, 6.45) is -5.58. The van der Waals surface area contributed by atoms with E-state index in [0.29, 0.717) is 4.57 Å². The van der Waals surface area contributed by atoms with Crippen LogP contribution in [0.3, 0.4) is 0 Å². The number of phosphoric ester groups is 1. The molecule has 0 amide bonds. The van der Waals surface area contributed by atoms with Gasteiger partial charge in [-0.05, 0) is 13.3 Å². The van der Waals surface area contributed by atoms with Gasteiger partial charge in [0.05, 0.1) is 17.1 Å². The van der Waals surface area contributed by atoms with Crippen LogP contribution in [0.25, 0.3) is 11.0 Å². The Hall–Kier alpha value is -2.06. The standard InChI is InChI=1S/C16H20F2N3O9P/c1-3-16(2,30-31(26,27)28)4-7-10(22)11(23)14(29-7)21-5-6-8(17)9(18)13(24)19-12(6)20-15(21)25/h5,7,10-11,14,22-23H,3-4H2,1-2H3,(H2,26,27,28)(H,19,20,24,25)/t7-,10?,11+,14-,16?/m1/s1. The molecule has 12 nitrogen and oxygen atoms in total. The van der Waals surface area contributed by atoms with Gasteiger partial charge in [0.15, 0.2) is 17.7 Å². The van der Waals surface area contributed by atoms with Crippen LogP contribution in [0.5, 0.6) is 0 Å². The van der Waals surface area contributed by atoms with Crippen LogP contribution in [0, 0.1) is 11.6 Å². The molecule has 15 heteroatoms. The molecule has 5 N–H and O–H groups in total. The Balaban J connectivity index is 1.97. The number of aromatic nitrogens is 3. The first kappa shape index (κ1) is 23.6. The van der Waals surface area contributed by atoms with E-state index < -0.39 is 71.9 Å². The SMILES string of the molecule is CCC(C)(C[C@H]1O[C@@H](n2cc3c(F)c(F)c(=O)[nH]c3nc2=O)[C@@H](O)C1O)OP(=O)(O)O. The summed E-state index contributed by atoms with van der Waals surface area (Å²) in [5, 5.41) is 20.1. The molecule has 3 rings (SSSR count). The van der Waals surface area contributed by atoms with Crippen molar-refractivity contribution in [2.75, 3.05) is 0 Å². The van der Waals surface area contributed by atoms with Crippen molar-refractivity contribution < 1.29 is 42.6 Å². The summed E-state index contributed by atoms with van der Waals surface area (Å²) in [6, 6.07) is 0. The number of aliphatic hydroxyl groups is 2. The molecule has 3 heterocycles. The van der Waals surface area contributed by atoms with Gasteiger partial charge in [0, 0.05) is 12.6 Å². The van der Waals surface area contributed by atoms with E-state index in [2.05, 4.69) is 4.98 Å². The first-order chi connectivity index (χ1) is 14.3. The first-order valence-corrected chi connectivity index (χ1v) is 10.6. The molecule has 0 spiro atoms. The van der Waals surface area contributed by atoms with E-state index in [1.807, 2.05) is 4.98 Å². The molecule has 2 aromatic rings. The summed E-state index contributed by atoms with van der Waals surface area (Å²) < 4.78 is 49.9. The molecule has 0 aliphatic carbocycles. The zero-order valence-corrected chi connectivity index (χ0v) is 17.1. The average Bonchev–Trinajstić information content (AvgIpc) is 2.92. The van der Waals surface area contributed by atoms with E-state index in [9.17, 15) is 33.1 Å². The minimum Gasteiger partial charge on any atom is -0.388 e. The van der Waals surface area contributed by atoms with E-state index in [1.54, 1.807) is 6.92 Å². The summed E-state index contributed by atoms with van der Waals surface area (Å²) in [5.41, 5.74) is -4.49. The van der Waals surface area contributed by atoms with Gasteiger partial charge in [-0.2, -0.15) is 9.37 Å². The molecule has 0 aromatic carbocycles. The van der Waals surface area contributed by atoms with E-state index in [1.165, 1.54) is 6.92 Å². The molecule has 2 unspecified atom stereocenters. The fraction of sp³-hybridized carbons (Fsp3) is 0.562. The maximum atomic E-state index is 14.1. The minimum atomic E-state index is -4.89. The summed E-state index contributed by atoms with van der Waals surface area (Å²) in [7, 11) is -4.89. The maximum Gasteiger partial charge on any atom is 0.470 e. The van der Waals surface area contributed by atoms with Gasteiger partial charge in [0.1, 0.15) is 12.2 Å². The zero-order valence-electron chi connectivity index (χ0n) is 16.2.